The molecule has 1 fully saturated rings. The Labute approximate surface area is 99.9 Å². The molecular weight excluding hydrogens is 194 g/mol. The molecule has 1 saturated heterocycles. The Hall–Kier alpha value is -0.300. The number of fused-ring (bicyclic) bond motifs is 2. The lowest BCUT2D eigenvalue weighted by molar-refractivity contribution is -0.934. The highest BCUT2D eigenvalue weighted by Crippen LogP contribution is 2.41. The Balaban J connectivity index is 1.85. The maximum Gasteiger partial charge on any atom is 0.117 e. The topological polar surface area (TPSA) is 4.44 Å². The van der Waals surface area contributed by atoms with Crippen LogP contribution in [-0.2, 0) is 0 Å². The van der Waals surface area contributed by atoms with E-state index in [4.69, 9.17) is 0 Å². The molecule has 0 saturated carbocycles. The van der Waals surface area contributed by atoms with Crippen LogP contribution in [0.3, 0.4) is 0 Å². The van der Waals surface area contributed by atoms with Crippen LogP contribution in [0.4, 0.5) is 0 Å². The van der Waals surface area contributed by atoms with Crippen LogP contribution in [0.25, 0.3) is 0 Å². The second-order valence-corrected chi connectivity index (χ2v) is 6.43. The zero-order valence-electron chi connectivity index (χ0n) is 10.9. The third-order valence-corrected chi connectivity index (χ3v) is 5.44. The second-order valence-electron chi connectivity index (χ2n) is 6.43. The molecule has 0 spiro atoms. The average Bonchev–Trinajstić information content (AvgIpc) is 2.81. The second kappa shape index (κ2) is 3.87. The first-order chi connectivity index (χ1) is 7.74. The van der Waals surface area contributed by atoms with Crippen molar-refractivity contribution in [2.45, 2.75) is 64.3 Å². The molecule has 3 atom stereocenters. The van der Waals surface area contributed by atoms with Crippen molar-refractivity contribution < 1.29 is 4.90 Å². The smallest absolute Gasteiger partial charge is 0.117 e. The molecule has 3 aliphatic rings. The standard InChI is InChI=1S/C15H25N/c1-3-5-12-10-15(2)14-7-4-6-13(14)8-9-16(15)11-12/h12H,3-11H2,1-2H3/p+1/t12-,15+/m1/s1. The molecule has 0 amide bonds. The van der Waals surface area contributed by atoms with Gasteiger partial charge in [0.25, 0.3) is 0 Å². The molecule has 1 unspecified atom stereocenters. The molecule has 1 N–H and O–H groups in total. The molecule has 0 aromatic carbocycles. The van der Waals surface area contributed by atoms with E-state index in [-0.39, 0.29) is 0 Å². The van der Waals surface area contributed by atoms with Gasteiger partial charge in [0.2, 0.25) is 0 Å². The van der Waals surface area contributed by atoms with Crippen LogP contribution >= 0.6 is 0 Å². The zero-order chi connectivity index (χ0) is 11.2. The minimum Gasteiger partial charge on any atom is -0.326 e. The minimum atomic E-state index is 0.559. The summed E-state index contributed by atoms with van der Waals surface area (Å²) >= 11 is 0. The van der Waals surface area contributed by atoms with Crippen molar-refractivity contribution in [1.82, 2.24) is 0 Å². The van der Waals surface area contributed by atoms with E-state index in [0.29, 0.717) is 5.54 Å². The Morgan fingerprint density at radius 3 is 3.00 bits per heavy atom. The fraction of sp³-hybridized carbons (Fsp3) is 0.867. The summed E-state index contributed by atoms with van der Waals surface area (Å²) in [5, 5.41) is 0. The lowest BCUT2D eigenvalue weighted by Gasteiger charge is -2.38. The van der Waals surface area contributed by atoms with Crippen molar-refractivity contribution in [3.8, 4) is 0 Å². The predicted molar refractivity (Wildman–Crippen MR) is 67.6 cm³/mol. The Morgan fingerprint density at radius 2 is 2.19 bits per heavy atom. The van der Waals surface area contributed by atoms with Gasteiger partial charge in [-0.1, -0.05) is 18.9 Å². The highest BCUT2D eigenvalue weighted by molar-refractivity contribution is 5.30. The molecule has 1 aliphatic carbocycles. The number of rotatable bonds is 2. The summed E-state index contributed by atoms with van der Waals surface area (Å²) in [6, 6.07) is 0. The summed E-state index contributed by atoms with van der Waals surface area (Å²) in [6.45, 7) is 7.80. The maximum absolute atomic E-state index is 2.57. The first-order valence-corrected chi connectivity index (χ1v) is 7.30. The van der Waals surface area contributed by atoms with E-state index in [1.54, 1.807) is 0 Å². The van der Waals surface area contributed by atoms with Crippen LogP contribution in [0.2, 0.25) is 0 Å². The van der Waals surface area contributed by atoms with Gasteiger partial charge in [-0.15, -0.1) is 0 Å². The molecule has 2 aliphatic heterocycles. The first kappa shape index (κ1) is 10.8. The molecule has 0 aromatic heterocycles. The van der Waals surface area contributed by atoms with E-state index in [2.05, 4.69) is 13.8 Å². The van der Waals surface area contributed by atoms with Gasteiger partial charge in [0.1, 0.15) is 5.54 Å². The van der Waals surface area contributed by atoms with Crippen molar-refractivity contribution in [3.63, 3.8) is 0 Å². The van der Waals surface area contributed by atoms with Crippen molar-refractivity contribution in [2.24, 2.45) is 5.92 Å². The molecule has 90 valence electrons. The van der Waals surface area contributed by atoms with Crippen LogP contribution < -0.4 is 4.90 Å². The van der Waals surface area contributed by atoms with Gasteiger partial charge in [0, 0.05) is 18.8 Å². The summed E-state index contributed by atoms with van der Waals surface area (Å²) in [5.74, 6) is 1.01. The van der Waals surface area contributed by atoms with Crippen LogP contribution in [0.15, 0.2) is 11.1 Å². The summed E-state index contributed by atoms with van der Waals surface area (Å²) in [7, 11) is 0. The SMILES string of the molecule is CCC[C@H]1C[NH+]2CCC3=C(CCC3)[C@]2(C)C1. The van der Waals surface area contributed by atoms with Crippen LogP contribution in [0, 0.1) is 5.92 Å². The minimum absolute atomic E-state index is 0.559. The van der Waals surface area contributed by atoms with E-state index in [1.807, 2.05) is 16.0 Å². The first-order valence-electron chi connectivity index (χ1n) is 7.30. The summed E-state index contributed by atoms with van der Waals surface area (Å²) in [4.78, 5) is 1.92. The van der Waals surface area contributed by atoms with Gasteiger partial charge in [0.15, 0.2) is 0 Å². The van der Waals surface area contributed by atoms with Crippen LogP contribution in [-0.4, -0.2) is 18.6 Å². The molecule has 2 heterocycles. The third-order valence-electron chi connectivity index (χ3n) is 5.44. The van der Waals surface area contributed by atoms with Gasteiger partial charge in [-0.3, -0.25) is 0 Å². The van der Waals surface area contributed by atoms with Crippen molar-refractivity contribution in [2.75, 3.05) is 13.1 Å². The lowest BCUT2D eigenvalue weighted by Crippen LogP contribution is -3.18. The average molecular weight is 220 g/mol. The van der Waals surface area contributed by atoms with E-state index >= 15 is 0 Å². The molecule has 3 rings (SSSR count). The van der Waals surface area contributed by atoms with Gasteiger partial charge < -0.3 is 4.90 Å². The zero-order valence-corrected chi connectivity index (χ0v) is 10.9. The Bertz CT molecular complexity index is 317. The summed E-state index contributed by atoms with van der Waals surface area (Å²) in [6.07, 6.45) is 10.0. The van der Waals surface area contributed by atoms with Crippen LogP contribution in [0.1, 0.15) is 58.8 Å². The Kier molecular flexibility index (Phi) is 2.62. The third kappa shape index (κ3) is 1.48. The monoisotopic (exact) mass is 220 g/mol. The fourth-order valence-corrected chi connectivity index (χ4v) is 4.74. The maximum atomic E-state index is 2.57. The molecule has 0 aromatic rings. The summed E-state index contributed by atoms with van der Waals surface area (Å²) in [5.41, 5.74) is 4.32. The quantitative estimate of drug-likeness (QED) is 0.681. The lowest BCUT2D eigenvalue weighted by atomic mass is 9.81. The highest BCUT2D eigenvalue weighted by Gasteiger charge is 2.51. The van der Waals surface area contributed by atoms with Crippen molar-refractivity contribution in [3.05, 3.63) is 11.1 Å². The number of hydrogen-bond donors (Lipinski definition) is 1. The molecule has 16 heavy (non-hydrogen) atoms. The predicted octanol–water partition coefficient (Wildman–Crippen LogP) is 2.33. The van der Waals surface area contributed by atoms with Crippen molar-refractivity contribution >= 4 is 0 Å². The number of quaternary nitrogens is 1. The van der Waals surface area contributed by atoms with Gasteiger partial charge in [0.05, 0.1) is 13.1 Å². The van der Waals surface area contributed by atoms with E-state index in [1.165, 1.54) is 58.0 Å². The molecule has 0 bridgehead atoms. The van der Waals surface area contributed by atoms with Gasteiger partial charge in [-0.25, -0.2) is 0 Å². The molecule has 0 radical (unpaired) electrons. The molecule has 1 heteroatoms. The van der Waals surface area contributed by atoms with Gasteiger partial charge in [-0.2, -0.15) is 0 Å². The normalized spacial score (nSPS) is 42.4. The number of nitrogens with one attached hydrogen (secondary N) is 1. The van der Waals surface area contributed by atoms with Crippen molar-refractivity contribution in [1.29, 1.82) is 0 Å². The van der Waals surface area contributed by atoms with Gasteiger partial charge in [-0.05, 0) is 38.2 Å². The Morgan fingerprint density at radius 1 is 1.31 bits per heavy atom. The fourth-order valence-electron chi connectivity index (χ4n) is 4.74. The van der Waals surface area contributed by atoms with E-state index in [0.717, 1.165) is 5.92 Å². The molecular formula is C15H26N+. The van der Waals surface area contributed by atoms with Gasteiger partial charge >= 0.3 is 0 Å². The van der Waals surface area contributed by atoms with Crippen LogP contribution in [0.5, 0.6) is 0 Å². The molecule has 1 nitrogen and oxygen atoms in total. The van der Waals surface area contributed by atoms with E-state index in [9.17, 15) is 0 Å². The largest absolute Gasteiger partial charge is 0.326 e. The van der Waals surface area contributed by atoms with E-state index < -0.39 is 0 Å². The number of hydrogen-bond acceptors (Lipinski definition) is 0. The summed E-state index contributed by atoms with van der Waals surface area (Å²) < 4.78 is 0. The highest BCUT2D eigenvalue weighted by atomic mass is 15.2.